The number of methoxy groups -OCH3 is 1. The zero-order chi connectivity index (χ0) is 23.6. The summed E-state index contributed by atoms with van der Waals surface area (Å²) in [6.07, 6.45) is -4.48. The highest BCUT2D eigenvalue weighted by Gasteiger charge is 2.30. The number of aliphatic hydroxyl groups is 1. The van der Waals surface area contributed by atoms with Gasteiger partial charge in [-0.15, -0.1) is 0 Å². The van der Waals surface area contributed by atoms with Crippen LogP contribution in [-0.4, -0.2) is 18.1 Å². The Kier molecular flexibility index (Phi) is 5.97. The van der Waals surface area contributed by atoms with Gasteiger partial charge in [-0.05, 0) is 48.5 Å². The molecular weight excluding hydrogens is 439 g/mol. The van der Waals surface area contributed by atoms with E-state index in [4.69, 9.17) is 18.7 Å². The first-order valence-corrected chi connectivity index (χ1v) is 9.75. The number of benzene rings is 2. The standard InChI is InChI=1S/C24H18F3NO5/c1-31-22-12-16(5-7-18(22)20-8-6-17(13-29)32-20)28-23(30)21-10-9-19(33-21)14-3-2-4-15(11-14)24(25,26)27/h2-12,29H,13H2,1H3,(H,28,30). The summed E-state index contributed by atoms with van der Waals surface area (Å²) in [6.45, 7) is -0.234. The van der Waals surface area contributed by atoms with Crippen molar-refractivity contribution in [3.8, 4) is 28.4 Å². The quantitative estimate of drug-likeness (QED) is 0.372. The van der Waals surface area contributed by atoms with Crippen LogP contribution in [0.3, 0.4) is 0 Å². The van der Waals surface area contributed by atoms with Gasteiger partial charge in [0.25, 0.3) is 5.91 Å². The minimum atomic E-state index is -4.48. The number of amides is 1. The van der Waals surface area contributed by atoms with Gasteiger partial charge in [0, 0.05) is 17.3 Å². The summed E-state index contributed by atoms with van der Waals surface area (Å²) in [6, 6.07) is 15.7. The van der Waals surface area contributed by atoms with E-state index in [0.29, 0.717) is 28.5 Å². The van der Waals surface area contributed by atoms with Crippen LogP contribution in [0, 0.1) is 0 Å². The summed E-state index contributed by atoms with van der Waals surface area (Å²) in [4.78, 5) is 12.6. The van der Waals surface area contributed by atoms with E-state index in [1.54, 1.807) is 30.3 Å². The molecule has 2 N–H and O–H groups in total. The molecule has 2 heterocycles. The first-order valence-electron chi connectivity index (χ1n) is 9.75. The number of carbonyl (C=O) groups excluding carboxylic acids is 1. The second kappa shape index (κ2) is 8.87. The third-order valence-corrected chi connectivity index (χ3v) is 4.85. The van der Waals surface area contributed by atoms with Crippen molar-refractivity contribution in [3.63, 3.8) is 0 Å². The fourth-order valence-corrected chi connectivity index (χ4v) is 3.24. The molecule has 0 aliphatic heterocycles. The van der Waals surface area contributed by atoms with Crippen molar-refractivity contribution in [2.75, 3.05) is 12.4 Å². The highest BCUT2D eigenvalue weighted by molar-refractivity contribution is 6.02. The Bertz CT molecular complexity index is 1290. The molecule has 2 aromatic heterocycles. The van der Waals surface area contributed by atoms with E-state index in [1.807, 2.05) is 0 Å². The maximum absolute atomic E-state index is 13.0. The molecule has 6 nitrogen and oxygen atoms in total. The van der Waals surface area contributed by atoms with Gasteiger partial charge < -0.3 is 24.0 Å². The number of ether oxygens (including phenoxy) is 1. The minimum absolute atomic E-state index is 0.0657. The summed E-state index contributed by atoms with van der Waals surface area (Å²) < 4.78 is 55.3. The summed E-state index contributed by atoms with van der Waals surface area (Å²) >= 11 is 0. The van der Waals surface area contributed by atoms with E-state index < -0.39 is 17.6 Å². The molecule has 0 saturated heterocycles. The lowest BCUT2D eigenvalue weighted by molar-refractivity contribution is -0.137. The highest BCUT2D eigenvalue weighted by Crippen LogP contribution is 2.35. The van der Waals surface area contributed by atoms with Crippen molar-refractivity contribution in [3.05, 3.63) is 83.8 Å². The Morgan fingerprint density at radius 2 is 1.79 bits per heavy atom. The van der Waals surface area contributed by atoms with E-state index in [9.17, 15) is 18.0 Å². The Hall–Kier alpha value is -3.98. The number of alkyl halides is 3. The van der Waals surface area contributed by atoms with Crippen molar-refractivity contribution >= 4 is 11.6 Å². The molecule has 0 fully saturated rings. The molecular formula is C24H18F3NO5. The molecule has 0 aliphatic rings. The number of nitrogens with one attached hydrogen (secondary N) is 1. The molecule has 1 amide bonds. The largest absolute Gasteiger partial charge is 0.496 e. The maximum Gasteiger partial charge on any atom is 0.416 e. The van der Waals surface area contributed by atoms with Crippen molar-refractivity contribution in [2.45, 2.75) is 12.8 Å². The van der Waals surface area contributed by atoms with E-state index in [1.165, 1.54) is 31.4 Å². The zero-order valence-electron chi connectivity index (χ0n) is 17.3. The predicted molar refractivity (Wildman–Crippen MR) is 114 cm³/mol. The van der Waals surface area contributed by atoms with Gasteiger partial charge in [-0.25, -0.2) is 0 Å². The van der Waals surface area contributed by atoms with Crippen LogP contribution < -0.4 is 10.1 Å². The molecule has 0 aliphatic carbocycles. The average molecular weight is 457 g/mol. The lowest BCUT2D eigenvalue weighted by atomic mass is 10.1. The smallest absolute Gasteiger partial charge is 0.416 e. The van der Waals surface area contributed by atoms with E-state index in [-0.39, 0.29) is 23.7 Å². The number of hydrogen-bond acceptors (Lipinski definition) is 5. The molecule has 9 heteroatoms. The van der Waals surface area contributed by atoms with Crippen LogP contribution in [0.1, 0.15) is 21.9 Å². The predicted octanol–water partition coefficient (Wildman–Crippen LogP) is 5.98. The number of anilines is 1. The first-order chi connectivity index (χ1) is 15.8. The monoisotopic (exact) mass is 457 g/mol. The molecule has 0 radical (unpaired) electrons. The SMILES string of the molecule is COc1cc(NC(=O)c2ccc(-c3cccc(C(F)(F)F)c3)o2)ccc1-c1ccc(CO)o1. The molecule has 33 heavy (non-hydrogen) atoms. The van der Waals surface area contributed by atoms with Crippen LogP contribution in [0.4, 0.5) is 18.9 Å². The fraction of sp³-hybridized carbons (Fsp3) is 0.125. The van der Waals surface area contributed by atoms with Crippen LogP contribution in [0.5, 0.6) is 5.75 Å². The Morgan fingerprint density at radius 3 is 2.48 bits per heavy atom. The third-order valence-electron chi connectivity index (χ3n) is 4.85. The van der Waals surface area contributed by atoms with Gasteiger partial charge in [-0.3, -0.25) is 4.79 Å². The van der Waals surface area contributed by atoms with Crippen LogP contribution in [0.25, 0.3) is 22.6 Å². The minimum Gasteiger partial charge on any atom is -0.496 e. The van der Waals surface area contributed by atoms with Gasteiger partial charge in [-0.2, -0.15) is 13.2 Å². The second-order valence-electron chi connectivity index (χ2n) is 7.04. The number of halogens is 3. The molecule has 2 aromatic carbocycles. The Labute approximate surface area is 186 Å². The van der Waals surface area contributed by atoms with Crippen molar-refractivity contribution in [1.29, 1.82) is 0 Å². The van der Waals surface area contributed by atoms with E-state index in [2.05, 4.69) is 5.32 Å². The molecule has 0 saturated carbocycles. The van der Waals surface area contributed by atoms with E-state index in [0.717, 1.165) is 12.1 Å². The lowest BCUT2D eigenvalue weighted by Crippen LogP contribution is -2.11. The van der Waals surface area contributed by atoms with Crippen LogP contribution in [0.2, 0.25) is 0 Å². The number of hydrogen-bond donors (Lipinski definition) is 2. The first kappa shape index (κ1) is 22.2. The summed E-state index contributed by atoms with van der Waals surface area (Å²) in [5, 5.41) is 11.8. The van der Waals surface area contributed by atoms with Gasteiger partial charge in [0.15, 0.2) is 5.76 Å². The van der Waals surface area contributed by atoms with Crippen LogP contribution >= 0.6 is 0 Å². The Balaban J connectivity index is 1.53. The van der Waals surface area contributed by atoms with Gasteiger partial charge in [0.1, 0.15) is 29.6 Å². The topological polar surface area (TPSA) is 84.8 Å². The third kappa shape index (κ3) is 4.78. The molecule has 0 unspecified atom stereocenters. The van der Waals surface area contributed by atoms with Crippen molar-refractivity contribution in [2.24, 2.45) is 0 Å². The number of rotatable bonds is 6. The second-order valence-corrected chi connectivity index (χ2v) is 7.04. The van der Waals surface area contributed by atoms with Gasteiger partial charge in [0.2, 0.25) is 0 Å². The van der Waals surface area contributed by atoms with Crippen LogP contribution in [0.15, 0.2) is 75.6 Å². The van der Waals surface area contributed by atoms with Crippen molar-refractivity contribution in [1.82, 2.24) is 0 Å². The molecule has 0 bridgehead atoms. The van der Waals surface area contributed by atoms with Gasteiger partial charge in [-0.1, -0.05) is 12.1 Å². The Morgan fingerprint density at radius 1 is 1.00 bits per heavy atom. The highest BCUT2D eigenvalue weighted by atomic mass is 19.4. The molecule has 4 aromatic rings. The summed E-state index contributed by atoms with van der Waals surface area (Å²) in [5.74, 6) is 0.810. The average Bonchev–Trinajstić information content (AvgIpc) is 3.48. The summed E-state index contributed by atoms with van der Waals surface area (Å²) in [7, 11) is 1.47. The molecule has 0 spiro atoms. The number of aliphatic hydroxyl groups excluding tert-OH is 1. The number of furan rings is 2. The molecule has 0 atom stereocenters. The van der Waals surface area contributed by atoms with Gasteiger partial charge in [0.05, 0.1) is 18.2 Å². The van der Waals surface area contributed by atoms with Crippen molar-refractivity contribution < 1.29 is 36.6 Å². The summed E-state index contributed by atoms with van der Waals surface area (Å²) in [5.41, 5.74) is 0.430. The molecule has 170 valence electrons. The van der Waals surface area contributed by atoms with E-state index >= 15 is 0 Å². The van der Waals surface area contributed by atoms with Crippen LogP contribution in [-0.2, 0) is 12.8 Å². The van der Waals surface area contributed by atoms with Gasteiger partial charge >= 0.3 is 6.18 Å². The fourth-order valence-electron chi connectivity index (χ4n) is 3.24. The number of carbonyl (C=O) groups is 1. The lowest BCUT2D eigenvalue weighted by Gasteiger charge is -2.10. The molecule has 4 rings (SSSR count). The maximum atomic E-state index is 13.0. The normalized spacial score (nSPS) is 11.4. The zero-order valence-corrected chi connectivity index (χ0v) is 17.3.